The van der Waals surface area contributed by atoms with Crippen molar-refractivity contribution in [2.45, 2.75) is 36.5 Å². The van der Waals surface area contributed by atoms with E-state index in [1.807, 2.05) is 30.3 Å². The Balaban J connectivity index is 0.000000370. The molecule has 154 valence electrons. The summed E-state index contributed by atoms with van der Waals surface area (Å²) >= 11 is 1.47. The minimum absolute atomic E-state index is 0.0401. The number of hydrogen-bond donors (Lipinski definition) is 3. The highest BCUT2D eigenvalue weighted by molar-refractivity contribution is 7.09. The number of thiazole rings is 1. The van der Waals surface area contributed by atoms with Crippen LogP contribution < -0.4 is 11.1 Å². The molecule has 0 saturated heterocycles. The van der Waals surface area contributed by atoms with Crippen molar-refractivity contribution in [3.8, 4) is 6.07 Å². The second kappa shape index (κ2) is 9.02. The third-order valence-corrected chi connectivity index (χ3v) is 4.99. The van der Waals surface area contributed by atoms with E-state index in [1.165, 1.54) is 11.3 Å². The molecule has 0 bridgehead atoms. The number of nitrogens with zero attached hydrogens (tertiary/aromatic N) is 2. The maximum Gasteiger partial charge on any atom is 0.490 e. The number of alkyl halides is 3. The molecular weight excluding hydrogens is 409 g/mol. The van der Waals surface area contributed by atoms with E-state index < -0.39 is 23.7 Å². The summed E-state index contributed by atoms with van der Waals surface area (Å²) in [6.45, 7) is 0. The molecule has 1 aromatic carbocycles. The molecule has 1 unspecified atom stereocenters. The van der Waals surface area contributed by atoms with Gasteiger partial charge in [-0.15, -0.1) is 11.3 Å². The molecule has 1 aliphatic carbocycles. The molecule has 1 amide bonds. The minimum atomic E-state index is -5.08. The number of hydrogen-bond acceptors (Lipinski definition) is 6. The van der Waals surface area contributed by atoms with Crippen LogP contribution in [0.3, 0.4) is 0 Å². The lowest BCUT2D eigenvalue weighted by molar-refractivity contribution is -0.192. The van der Waals surface area contributed by atoms with Crippen LogP contribution in [0.2, 0.25) is 0 Å². The smallest absolute Gasteiger partial charge is 0.475 e. The lowest BCUT2D eigenvalue weighted by atomic mass is 10.1. The average molecular weight is 426 g/mol. The van der Waals surface area contributed by atoms with Gasteiger partial charge in [0.2, 0.25) is 5.91 Å². The van der Waals surface area contributed by atoms with Gasteiger partial charge in [-0.2, -0.15) is 18.4 Å². The van der Waals surface area contributed by atoms with Crippen molar-refractivity contribution in [1.82, 2.24) is 10.3 Å². The fraction of sp³-hybridized carbons (Fsp3) is 0.333. The van der Waals surface area contributed by atoms with Gasteiger partial charge >= 0.3 is 12.1 Å². The second-order valence-electron chi connectivity index (χ2n) is 6.32. The summed E-state index contributed by atoms with van der Waals surface area (Å²) in [7, 11) is 0. The molecule has 1 heterocycles. The van der Waals surface area contributed by atoms with Gasteiger partial charge in [0.15, 0.2) is 0 Å². The van der Waals surface area contributed by atoms with Crippen molar-refractivity contribution in [2.24, 2.45) is 5.73 Å². The van der Waals surface area contributed by atoms with E-state index in [4.69, 9.17) is 15.6 Å². The lowest BCUT2D eigenvalue weighted by Gasteiger charge is -2.16. The van der Waals surface area contributed by atoms with E-state index in [-0.39, 0.29) is 11.8 Å². The minimum Gasteiger partial charge on any atom is -0.475 e. The topological polar surface area (TPSA) is 129 Å². The molecular formula is C18H17F3N4O3S. The number of nitrogens with two attached hydrogens (primary N) is 1. The SMILES string of the molecule is N#C[C@]1(NC(=O)C(N)Cc2cncs2)C[C@H]1c1ccccc1.O=C(O)C(F)(F)F. The fourth-order valence-corrected chi connectivity index (χ4v) is 3.26. The number of amides is 1. The summed E-state index contributed by atoms with van der Waals surface area (Å²) in [5.74, 6) is -3.00. The summed E-state index contributed by atoms with van der Waals surface area (Å²) in [6.07, 6.45) is -2.30. The number of nitrogens with one attached hydrogen (secondary N) is 1. The number of rotatable bonds is 5. The molecule has 0 aliphatic heterocycles. The zero-order valence-corrected chi connectivity index (χ0v) is 15.7. The monoisotopic (exact) mass is 426 g/mol. The van der Waals surface area contributed by atoms with Crippen LogP contribution in [0.5, 0.6) is 0 Å². The quantitative estimate of drug-likeness (QED) is 0.672. The van der Waals surface area contributed by atoms with Gasteiger partial charge in [-0.1, -0.05) is 30.3 Å². The maximum atomic E-state index is 12.3. The predicted molar refractivity (Wildman–Crippen MR) is 97.8 cm³/mol. The van der Waals surface area contributed by atoms with Gasteiger partial charge in [-0.25, -0.2) is 4.79 Å². The molecule has 0 radical (unpaired) electrons. The molecule has 4 N–H and O–H groups in total. The van der Waals surface area contributed by atoms with E-state index in [9.17, 15) is 23.2 Å². The normalized spacial score (nSPS) is 21.1. The Bertz CT molecular complexity index is 884. The van der Waals surface area contributed by atoms with E-state index in [0.29, 0.717) is 12.8 Å². The first-order chi connectivity index (χ1) is 13.6. The number of carbonyl (C=O) groups excluding carboxylic acids is 1. The van der Waals surface area contributed by atoms with Crippen LogP contribution >= 0.6 is 11.3 Å². The van der Waals surface area contributed by atoms with Gasteiger partial charge in [0, 0.05) is 23.4 Å². The Labute approximate surface area is 168 Å². The van der Waals surface area contributed by atoms with Crippen LogP contribution in [0.15, 0.2) is 42.0 Å². The van der Waals surface area contributed by atoms with Gasteiger partial charge in [0.25, 0.3) is 0 Å². The number of nitriles is 1. The van der Waals surface area contributed by atoms with E-state index in [1.54, 1.807) is 11.7 Å². The number of benzene rings is 1. The van der Waals surface area contributed by atoms with Crippen LogP contribution in [0.1, 0.15) is 22.8 Å². The van der Waals surface area contributed by atoms with Gasteiger partial charge < -0.3 is 16.2 Å². The zero-order valence-electron chi connectivity index (χ0n) is 14.9. The van der Waals surface area contributed by atoms with Crippen molar-refractivity contribution in [2.75, 3.05) is 0 Å². The molecule has 1 fully saturated rings. The lowest BCUT2D eigenvalue weighted by Crippen LogP contribution is -2.47. The molecule has 1 aliphatic rings. The molecule has 29 heavy (non-hydrogen) atoms. The van der Waals surface area contributed by atoms with Crippen LogP contribution in [0.25, 0.3) is 0 Å². The van der Waals surface area contributed by atoms with Crippen molar-refractivity contribution in [1.29, 1.82) is 5.26 Å². The Morgan fingerprint density at radius 2 is 2.03 bits per heavy atom. The van der Waals surface area contributed by atoms with Crippen LogP contribution in [-0.2, 0) is 16.0 Å². The molecule has 11 heteroatoms. The molecule has 0 spiro atoms. The number of carbonyl (C=O) groups is 2. The third-order valence-electron chi connectivity index (χ3n) is 4.19. The summed E-state index contributed by atoms with van der Waals surface area (Å²) in [4.78, 5) is 26.1. The van der Waals surface area contributed by atoms with Gasteiger partial charge in [0.05, 0.1) is 17.6 Å². The first-order valence-electron chi connectivity index (χ1n) is 8.30. The van der Waals surface area contributed by atoms with Crippen molar-refractivity contribution in [3.05, 3.63) is 52.5 Å². The maximum absolute atomic E-state index is 12.3. The predicted octanol–water partition coefficient (Wildman–Crippen LogP) is 2.21. The van der Waals surface area contributed by atoms with E-state index in [2.05, 4.69) is 16.4 Å². The second-order valence-corrected chi connectivity index (χ2v) is 7.29. The average Bonchev–Trinajstić information content (AvgIpc) is 3.15. The fourth-order valence-electron chi connectivity index (χ4n) is 2.61. The van der Waals surface area contributed by atoms with Crippen LogP contribution in [0, 0.1) is 11.3 Å². The molecule has 3 atom stereocenters. The number of carboxylic acids is 1. The standard InChI is InChI=1S/C16H16N4OS.C2HF3O2/c17-9-16(7-13(16)11-4-2-1-3-5-11)20-15(21)14(18)6-12-8-19-10-22-12;3-2(4,5)1(6)7/h1-5,8,10,13-14H,6-7,18H2,(H,20,21);(H,6,7)/t13-,14?,16+;/m0./s1. The van der Waals surface area contributed by atoms with Gasteiger partial charge in [-0.3, -0.25) is 9.78 Å². The molecule has 3 rings (SSSR count). The van der Waals surface area contributed by atoms with Crippen LogP contribution in [-0.4, -0.2) is 39.7 Å². The first kappa shape index (κ1) is 22.3. The number of aliphatic carboxylic acids is 1. The summed E-state index contributed by atoms with van der Waals surface area (Å²) in [5, 5.41) is 19.4. The van der Waals surface area contributed by atoms with Crippen molar-refractivity contribution in [3.63, 3.8) is 0 Å². The largest absolute Gasteiger partial charge is 0.490 e. The Morgan fingerprint density at radius 3 is 2.52 bits per heavy atom. The number of halogens is 3. The Hall–Kier alpha value is -2.97. The summed E-state index contributed by atoms with van der Waals surface area (Å²) in [5.41, 5.74) is 7.91. The van der Waals surface area contributed by atoms with Gasteiger partial charge in [-0.05, 0) is 12.0 Å². The first-order valence-corrected chi connectivity index (χ1v) is 9.18. The Kier molecular flexibility index (Phi) is 6.94. The Morgan fingerprint density at radius 1 is 1.41 bits per heavy atom. The number of aromatic nitrogens is 1. The van der Waals surface area contributed by atoms with Crippen molar-refractivity contribution < 1.29 is 27.9 Å². The van der Waals surface area contributed by atoms with E-state index in [0.717, 1.165) is 10.4 Å². The van der Waals surface area contributed by atoms with Crippen LogP contribution in [0.4, 0.5) is 13.2 Å². The molecule has 2 aromatic rings. The zero-order chi connectivity index (χ0) is 21.7. The molecule has 1 saturated carbocycles. The summed E-state index contributed by atoms with van der Waals surface area (Å²) in [6, 6.07) is 11.4. The number of carboxylic acid groups (broad SMARTS) is 1. The van der Waals surface area contributed by atoms with Crippen molar-refractivity contribution >= 4 is 23.2 Å². The highest BCUT2D eigenvalue weighted by atomic mass is 32.1. The molecule has 7 nitrogen and oxygen atoms in total. The highest BCUT2D eigenvalue weighted by Gasteiger charge is 2.57. The molecule has 1 aromatic heterocycles. The summed E-state index contributed by atoms with van der Waals surface area (Å²) < 4.78 is 31.7. The highest BCUT2D eigenvalue weighted by Crippen LogP contribution is 2.50. The van der Waals surface area contributed by atoms with E-state index >= 15 is 0 Å². The third kappa shape index (κ3) is 6.00. The van der Waals surface area contributed by atoms with Gasteiger partial charge in [0.1, 0.15) is 5.54 Å².